The monoisotopic (exact) mass is 392 g/mol. The molecule has 1 aliphatic rings. The Morgan fingerprint density at radius 3 is 2.21 bits per heavy atom. The van der Waals surface area contributed by atoms with Gasteiger partial charge in [0.05, 0.1) is 11.6 Å². The lowest BCUT2D eigenvalue weighted by atomic mass is 9.94. The van der Waals surface area contributed by atoms with Crippen molar-refractivity contribution in [2.24, 2.45) is 0 Å². The molecule has 0 aromatic heterocycles. The molecule has 29 heavy (non-hydrogen) atoms. The minimum absolute atomic E-state index is 0.121. The van der Waals surface area contributed by atoms with Gasteiger partial charge in [0.25, 0.3) is 11.7 Å². The number of hydrogen-bond acceptors (Lipinski definition) is 4. The number of carbonyl (C=O) groups is 2. The van der Waals surface area contributed by atoms with Gasteiger partial charge in [-0.3, -0.25) is 9.59 Å². The maximum absolute atomic E-state index is 12.9. The summed E-state index contributed by atoms with van der Waals surface area (Å²) in [7, 11) is 3.92. The van der Waals surface area contributed by atoms with Crippen LogP contribution < -0.4 is 4.90 Å². The summed E-state index contributed by atoms with van der Waals surface area (Å²) in [6, 6.07) is 14.5. The lowest BCUT2D eigenvalue weighted by molar-refractivity contribution is -0.139. The van der Waals surface area contributed by atoms with Gasteiger partial charge >= 0.3 is 0 Å². The molecule has 0 bridgehead atoms. The van der Waals surface area contributed by atoms with Crippen LogP contribution in [0, 0.1) is 6.92 Å². The number of amides is 1. The maximum atomic E-state index is 12.9. The molecular formula is C24H28N2O3. The zero-order valence-corrected chi connectivity index (χ0v) is 17.5. The number of carbonyl (C=O) groups excluding carboxylic acids is 2. The van der Waals surface area contributed by atoms with Crippen molar-refractivity contribution in [3.05, 3.63) is 70.8 Å². The highest BCUT2D eigenvalue weighted by molar-refractivity contribution is 6.46. The lowest BCUT2D eigenvalue weighted by Crippen LogP contribution is -2.30. The maximum Gasteiger partial charge on any atom is 0.295 e. The molecule has 2 aromatic rings. The largest absolute Gasteiger partial charge is 0.507 e. The first kappa shape index (κ1) is 20.6. The Labute approximate surface area is 172 Å². The molecule has 1 unspecified atom stereocenters. The first-order chi connectivity index (χ1) is 13.8. The Morgan fingerprint density at radius 1 is 1.03 bits per heavy atom. The van der Waals surface area contributed by atoms with Crippen molar-refractivity contribution in [3.63, 3.8) is 0 Å². The van der Waals surface area contributed by atoms with Gasteiger partial charge in [0.15, 0.2) is 0 Å². The second-order valence-corrected chi connectivity index (χ2v) is 7.70. The Balaban J connectivity index is 2.13. The molecule has 2 aromatic carbocycles. The first-order valence-corrected chi connectivity index (χ1v) is 9.98. The summed E-state index contributed by atoms with van der Waals surface area (Å²) in [5.41, 5.74) is 3.60. The highest BCUT2D eigenvalue weighted by Crippen LogP contribution is 2.39. The number of unbranched alkanes of at least 4 members (excludes halogenated alkanes) is 1. The number of aryl methyl sites for hydroxylation is 1. The SMILES string of the molecule is CCCCN1C(=O)C(=O)/C(=C(\O)c2ccc(C)cc2)C1c1ccc(N(C)C)cc1. The molecule has 0 aliphatic carbocycles. The van der Waals surface area contributed by atoms with Crippen molar-refractivity contribution < 1.29 is 14.7 Å². The second kappa shape index (κ2) is 8.52. The Kier molecular flexibility index (Phi) is 6.06. The van der Waals surface area contributed by atoms with E-state index in [4.69, 9.17) is 0 Å². The summed E-state index contributed by atoms with van der Waals surface area (Å²) in [5, 5.41) is 11.0. The topological polar surface area (TPSA) is 60.9 Å². The molecular weight excluding hydrogens is 364 g/mol. The van der Waals surface area contributed by atoms with Gasteiger partial charge in [0.1, 0.15) is 5.76 Å². The van der Waals surface area contributed by atoms with Crippen LogP contribution in [0.15, 0.2) is 54.1 Å². The summed E-state index contributed by atoms with van der Waals surface area (Å²) >= 11 is 0. The Bertz CT molecular complexity index is 928. The molecule has 1 atom stereocenters. The van der Waals surface area contributed by atoms with Gasteiger partial charge < -0.3 is 14.9 Å². The molecule has 0 spiro atoms. The van der Waals surface area contributed by atoms with E-state index < -0.39 is 17.7 Å². The highest BCUT2D eigenvalue weighted by atomic mass is 16.3. The number of Topliss-reactive ketones (excluding diaryl/α,β-unsaturated/α-hetero) is 1. The Hall–Kier alpha value is -3.08. The van der Waals surface area contributed by atoms with Crippen LogP contribution in [-0.2, 0) is 9.59 Å². The zero-order chi connectivity index (χ0) is 21.1. The lowest BCUT2D eigenvalue weighted by Gasteiger charge is -2.25. The van der Waals surface area contributed by atoms with Gasteiger partial charge in [0.2, 0.25) is 0 Å². The molecule has 1 saturated heterocycles. The van der Waals surface area contributed by atoms with Crippen LogP contribution >= 0.6 is 0 Å². The average molecular weight is 392 g/mol. The summed E-state index contributed by atoms with van der Waals surface area (Å²) in [4.78, 5) is 29.3. The van der Waals surface area contributed by atoms with Crippen LogP contribution in [0.5, 0.6) is 0 Å². The van der Waals surface area contributed by atoms with Crippen LogP contribution in [0.4, 0.5) is 5.69 Å². The molecule has 5 heteroatoms. The molecule has 1 fully saturated rings. The van der Waals surface area contributed by atoms with E-state index in [1.807, 2.05) is 69.2 Å². The first-order valence-electron chi connectivity index (χ1n) is 9.98. The number of hydrogen-bond donors (Lipinski definition) is 1. The summed E-state index contributed by atoms with van der Waals surface area (Å²) in [5.74, 6) is -1.29. The molecule has 1 aliphatic heterocycles. The molecule has 1 amide bonds. The minimum atomic E-state index is -0.624. The average Bonchev–Trinajstić information content (AvgIpc) is 2.97. The van der Waals surface area contributed by atoms with Gasteiger partial charge in [0, 0.05) is 31.9 Å². The van der Waals surface area contributed by atoms with Gasteiger partial charge in [-0.05, 0) is 31.0 Å². The van der Waals surface area contributed by atoms with E-state index in [-0.39, 0.29) is 11.3 Å². The van der Waals surface area contributed by atoms with Gasteiger partial charge in [-0.1, -0.05) is 55.3 Å². The molecule has 3 rings (SSSR count). The zero-order valence-electron chi connectivity index (χ0n) is 17.5. The smallest absolute Gasteiger partial charge is 0.295 e. The van der Waals surface area contributed by atoms with Crippen molar-refractivity contribution in [3.8, 4) is 0 Å². The van der Waals surface area contributed by atoms with Crippen LogP contribution in [-0.4, -0.2) is 42.3 Å². The number of aliphatic hydroxyl groups excluding tert-OH is 1. The van der Waals surface area contributed by atoms with Gasteiger partial charge in [-0.25, -0.2) is 0 Å². The molecule has 1 N–H and O–H groups in total. The predicted octanol–water partition coefficient (Wildman–Crippen LogP) is 4.28. The number of nitrogens with zero attached hydrogens (tertiary/aromatic N) is 2. The molecule has 5 nitrogen and oxygen atoms in total. The highest BCUT2D eigenvalue weighted by Gasteiger charge is 2.45. The number of aliphatic hydroxyl groups is 1. The molecule has 152 valence electrons. The molecule has 0 saturated carbocycles. The quantitative estimate of drug-likeness (QED) is 0.453. The standard InChI is InChI=1S/C24H28N2O3/c1-5-6-15-26-21(17-11-13-19(14-12-17)25(3)4)20(23(28)24(26)29)22(27)18-9-7-16(2)8-10-18/h7-14,21,27H,5-6,15H2,1-4H3/b22-20-. The number of ketones is 1. The van der Waals surface area contributed by atoms with Crippen LogP contribution in [0.25, 0.3) is 5.76 Å². The van der Waals surface area contributed by atoms with E-state index in [0.717, 1.165) is 29.7 Å². The second-order valence-electron chi connectivity index (χ2n) is 7.70. The van der Waals surface area contributed by atoms with Crippen molar-refractivity contribution in [2.45, 2.75) is 32.7 Å². The van der Waals surface area contributed by atoms with Crippen molar-refractivity contribution in [1.29, 1.82) is 0 Å². The van der Waals surface area contributed by atoms with E-state index in [0.29, 0.717) is 12.1 Å². The summed E-state index contributed by atoms with van der Waals surface area (Å²) < 4.78 is 0. The van der Waals surface area contributed by atoms with E-state index in [1.165, 1.54) is 0 Å². The van der Waals surface area contributed by atoms with Crippen molar-refractivity contribution in [2.75, 3.05) is 25.5 Å². The van der Waals surface area contributed by atoms with E-state index in [1.54, 1.807) is 17.0 Å². The predicted molar refractivity (Wildman–Crippen MR) is 116 cm³/mol. The summed E-state index contributed by atoms with van der Waals surface area (Å²) in [6.45, 7) is 4.48. The molecule has 0 radical (unpaired) electrons. The van der Waals surface area contributed by atoms with Gasteiger partial charge in [-0.2, -0.15) is 0 Å². The Morgan fingerprint density at radius 2 is 1.66 bits per heavy atom. The minimum Gasteiger partial charge on any atom is -0.507 e. The van der Waals surface area contributed by atoms with Gasteiger partial charge in [-0.15, -0.1) is 0 Å². The molecule has 1 heterocycles. The number of benzene rings is 2. The number of rotatable bonds is 6. The van der Waals surface area contributed by atoms with E-state index in [9.17, 15) is 14.7 Å². The van der Waals surface area contributed by atoms with Crippen molar-refractivity contribution in [1.82, 2.24) is 4.90 Å². The third kappa shape index (κ3) is 4.04. The third-order valence-corrected chi connectivity index (χ3v) is 5.34. The number of anilines is 1. The number of likely N-dealkylation sites (tertiary alicyclic amines) is 1. The third-order valence-electron chi connectivity index (χ3n) is 5.34. The fourth-order valence-corrected chi connectivity index (χ4v) is 3.61. The van der Waals surface area contributed by atoms with Crippen LogP contribution in [0.3, 0.4) is 0 Å². The van der Waals surface area contributed by atoms with Crippen molar-refractivity contribution >= 4 is 23.1 Å². The van der Waals surface area contributed by atoms with Crippen LogP contribution in [0.2, 0.25) is 0 Å². The summed E-state index contributed by atoms with van der Waals surface area (Å²) in [6.07, 6.45) is 1.71. The van der Waals surface area contributed by atoms with Crippen LogP contribution in [0.1, 0.15) is 42.5 Å². The fourth-order valence-electron chi connectivity index (χ4n) is 3.61. The normalized spacial score (nSPS) is 18.3. The fraction of sp³-hybridized carbons (Fsp3) is 0.333. The van der Waals surface area contributed by atoms with E-state index in [2.05, 4.69) is 0 Å². The van der Waals surface area contributed by atoms with E-state index >= 15 is 0 Å².